The summed E-state index contributed by atoms with van der Waals surface area (Å²) in [7, 11) is 0. The van der Waals surface area contributed by atoms with Crippen molar-refractivity contribution in [3.63, 3.8) is 0 Å². The topological polar surface area (TPSA) is 58.6 Å². The van der Waals surface area contributed by atoms with Gasteiger partial charge in [0.15, 0.2) is 6.61 Å². The molecule has 1 amide bonds. The molecule has 2 rings (SSSR count). The van der Waals surface area contributed by atoms with Crippen molar-refractivity contribution in [2.45, 2.75) is 46.0 Å². The van der Waals surface area contributed by atoms with Gasteiger partial charge in [0, 0.05) is 30.9 Å². The first-order valence-corrected chi connectivity index (χ1v) is 8.89. The van der Waals surface area contributed by atoms with Crippen LogP contribution in [0.1, 0.15) is 46.0 Å². The Morgan fingerprint density at radius 1 is 1.21 bits per heavy atom. The molecule has 24 heavy (non-hydrogen) atoms. The number of ether oxygens (including phenoxy) is 1. The largest absolute Gasteiger partial charge is 0.456 e. The number of hydrogen-bond acceptors (Lipinski definition) is 4. The highest BCUT2D eigenvalue weighted by atomic mass is 16.5. The fourth-order valence-corrected chi connectivity index (χ4v) is 2.76. The summed E-state index contributed by atoms with van der Waals surface area (Å²) >= 11 is 0. The summed E-state index contributed by atoms with van der Waals surface area (Å²) in [4.78, 5) is 25.6. The Bertz CT molecular complexity index is 534. The van der Waals surface area contributed by atoms with Gasteiger partial charge in [-0.1, -0.05) is 20.3 Å². The van der Waals surface area contributed by atoms with Crippen molar-refractivity contribution in [2.24, 2.45) is 5.92 Å². The predicted octanol–water partition coefficient (Wildman–Crippen LogP) is 3.59. The van der Waals surface area contributed by atoms with E-state index in [9.17, 15) is 9.59 Å². The van der Waals surface area contributed by atoms with Crippen molar-refractivity contribution in [3.05, 3.63) is 24.3 Å². The molecule has 0 spiro atoms. The van der Waals surface area contributed by atoms with Crippen molar-refractivity contribution in [1.82, 2.24) is 0 Å². The normalized spacial score (nSPS) is 15.2. The highest BCUT2D eigenvalue weighted by Crippen LogP contribution is 2.24. The van der Waals surface area contributed by atoms with E-state index in [-0.39, 0.29) is 18.5 Å². The van der Waals surface area contributed by atoms with Crippen molar-refractivity contribution < 1.29 is 14.3 Å². The van der Waals surface area contributed by atoms with Crippen LogP contribution in [-0.2, 0) is 14.3 Å². The van der Waals surface area contributed by atoms with E-state index < -0.39 is 0 Å². The highest BCUT2D eigenvalue weighted by Gasteiger charge is 2.16. The third kappa shape index (κ3) is 5.87. The summed E-state index contributed by atoms with van der Waals surface area (Å²) in [5, 5.41) is 2.76. The number of carbonyl (C=O) groups excluding carboxylic acids is 2. The van der Waals surface area contributed by atoms with Crippen molar-refractivity contribution in [3.8, 4) is 0 Å². The fourth-order valence-electron chi connectivity index (χ4n) is 2.76. The first-order valence-electron chi connectivity index (χ1n) is 8.89. The number of benzene rings is 1. The molecular formula is C19H28N2O3. The lowest BCUT2D eigenvalue weighted by molar-refractivity contribution is -0.147. The van der Waals surface area contributed by atoms with Crippen LogP contribution in [0, 0.1) is 5.92 Å². The summed E-state index contributed by atoms with van der Waals surface area (Å²) in [6.07, 6.45) is 4.54. The SMILES string of the molecule is CCCCC(=O)OCC(=O)Nc1ccc(N2CCC(C)CC2)cc1. The number of nitrogens with one attached hydrogen (secondary N) is 1. The number of nitrogens with zero attached hydrogens (tertiary/aromatic N) is 1. The molecule has 1 N–H and O–H groups in total. The summed E-state index contributed by atoms with van der Waals surface area (Å²) in [6, 6.07) is 7.84. The minimum Gasteiger partial charge on any atom is -0.456 e. The maximum atomic E-state index is 11.8. The van der Waals surface area contributed by atoms with Gasteiger partial charge >= 0.3 is 5.97 Å². The average Bonchev–Trinajstić information content (AvgIpc) is 2.59. The highest BCUT2D eigenvalue weighted by molar-refractivity contribution is 5.92. The van der Waals surface area contributed by atoms with Gasteiger partial charge in [-0.3, -0.25) is 9.59 Å². The molecule has 1 heterocycles. The Morgan fingerprint density at radius 2 is 1.88 bits per heavy atom. The van der Waals surface area contributed by atoms with Gasteiger partial charge in [0.25, 0.3) is 5.91 Å². The van der Waals surface area contributed by atoms with E-state index in [1.165, 1.54) is 18.5 Å². The Kier molecular flexibility index (Phi) is 7.09. The van der Waals surface area contributed by atoms with E-state index in [0.29, 0.717) is 6.42 Å². The molecule has 132 valence electrons. The molecule has 0 atom stereocenters. The summed E-state index contributed by atoms with van der Waals surface area (Å²) < 4.78 is 4.95. The molecule has 0 aromatic heterocycles. The summed E-state index contributed by atoms with van der Waals surface area (Å²) in [6.45, 7) is 6.24. The van der Waals surface area contributed by atoms with Crippen LogP contribution in [0.2, 0.25) is 0 Å². The van der Waals surface area contributed by atoms with Crippen LogP contribution in [0.4, 0.5) is 11.4 Å². The maximum Gasteiger partial charge on any atom is 0.306 e. The second-order valence-corrected chi connectivity index (χ2v) is 6.53. The molecule has 5 nitrogen and oxygen atoms in total. The first kappa shape index (κ1) is 18.3. The number of rotatable bonds is 7. The number of amides is 1. The monoisotopic (exact) mass is 332 g/mol. The molecule has 0 saturated carbocycles. The average molecular weight is 332 g/mol. The number of carbonyl (C=O) groups is 2. The molecule has 1 aromatic rings. The van der Waals surface area contributed by atoms with Crippen LogP contribution in [0.5, 0.6) is 0 Å². The molecule has 0 radical (unpaired) electrons. The Labute approximate surface area is 144 Å². The standard InChI is InChI=1S/C19H28N2O3/c1-3-4-5-19(23)24-14-18(22)20-16-6-8-17(9-7-16)21-12-10-15(2)11-13-21/h6-9,15H,3-5,10-14H2,1-2H3,(H,20,22). The molecule has 1 aliphatic rings. The quantitative estimate of drug-likeness (QED) is 0.775. The fraction of sp³-hybridized carbons (Fsp3) is 0.579. The van der Waals surface area contributed by atoms with Crippen LogP contribution in [0.25, 0.3) is 0 Å². The molecular weight excluding hydrogens is 304 g/mol. The number of anilines is 2. The van der Waals surface area contributed by atoms with Gasteiger partial charge in [-0.2, -0.15) is 0 Å². The van der Waals surface area contributed by atoms with Crippen LogP contribution >= 0.6 is 0 Å². The lowest BCUT2D eigenvalue weighted by atomic mass is 9.99. The smallest absolute Gasteiger partial charge is 0.306 e. The zero-order valence-corrected chi connectivity index (χ0v) is 14.7. The zero-order chi connectivity index (χ0) is 17.4. The first-order chi connectivity index (χ1) is 11.6. The van der Waals surface area contributed by atoms with Crippen molar-refractivity contribution in [2.75, 3.05) is 29.9 Å². The Hall–Kier alpha value is -2.04. The third-order valence-electron chi connectivity index (χ3n) is 4.40. The van der Waals surface area contributed by atoms with E-state index in [2.05, 4.69) is 17.1 Å². The summed E-state index contributed by atoms with van der Waals surface area (Å²) in [5.41, 5.74) is 1.91. The third-order valence-corrected chi connectivity index (χ3v) is 4.40. The van der Waals surface area contributed by atoms with Gasteiger partial charge in [-0.15, -0.1) is 0 Å². The van der Waals surface area contributed by atoms with Gasteiger partial charge in [0.2, 0.25) is 0 Å². The molecule has 1 saturated heterocycles. The van der Waals surface area contributed by atoms with Gasteiger partial charge in [-0.05, 0) is 49.4 Å². The van der Waals surface area contributed by atoms with Gasteiger partial charge in [0.1, 0.15) is 0 Å². The molecule has 0 unspecified atom stereocenters. The Morgan fingerprint density at radius 3 is 2.50 bits per heavy atom. The Balaban J connectivity index is 1.76. The molecule has 1 aromatic carbocycles. The van der Waals surface area contributed by atoms with Crippen LogP contribution < -0.4 is 10.2 Å². The van der Waals surface area contributed by atoms with E-state index in [0.717, 1.165) is 37.5 Å². The van der Waals surface area contributed by atoms with Crippen molar-refractivity contribution >= 4 is 23.3 Å². The minimum atomic E-state index is -0.318. The second-order valence-electron chi connectivity index (χ2n) is 6.53. The van der Waals surface area contributed by atoms with Crippen molar-refractivity contribution in [1.29, 1.82) is 0 Å². The number of unbranched alkanes of at least 4 members (excludes halogenated alkanes) is 1. The van der Waals surface area contributed by atoms with E-state index in [4.69, 9.17) is 4.74 Å². The zero-order valence-electron chi connectivity index (χ0n) is 14.7. The van der Waals surface area contributed by atoms with Crippen LogP contribution in [0.15, 0.2) is 24.3 Å². The van der Waals surface area contributed by atoms with E-state index >= 15 is 0 Å². The van der Waals surface area contributed by atoms with Crippen LogP contribution in [0.3, 0.4) is 0 Å². The lowest BCUT2D eigenvalue weighted by Gasteiger charge is -2.32. The van der Waals surface area contributed by atoms with Gasteiger partial charge in [-0.25, -0.2) is 0 Å². The lowest BCUT2D eigenvalue weighted by Crippen LogP contribution is -2.32. The maximum absolute atomic E-state index is 11.8. The predicted molar refractivity (Wildman–Crippen MR) is 96.2 cm³/mol. The molecule has 1 aliphatic heterocycles. The summed E-state index contributed by atoms with van der Waals surface area (Å²) in [5.74, 6) is 0.181. The molecule has 0 aliphatic carbocycles. The van der Waals surface area contributed by atoms with E-state index in [1.807, 2.05) is 31.2 Å². The van der Waals surface area contributed by atoms with Gasteiger partial charge in [0.05, 0.1) is 0 Å². The number of esters is 1. The molecule has 1 fully saturated rings. The molecule has 5 heteroatoms. The van der Waals surface area contributed by atoms with E-state index in [1.54, 1.807) is 0 Å². The molecule has 0 bridgehead atoms. The van der Waals surface area contributed by atoms with Gasteiger partial charge < -0.3 is 15.0 Å². The number of piperidine rings is 1. The minimum absolute atomic E-state index is 0.228. The second kappa shape index (κ2) is 9.30. The van der Waals surface area contributed by atoms with Crippen LogP contribution in [-0.4, -0.2) is 31.6 Å². The number of hydrogen-bond donors (Lipinski definition) is 1.